The summed E-state index contributed by atoms with van der Waals surface area (Å²) in [6.07, 6.45) is 5.86. The van der Waals surface area contributed by atoms with Crippen LogP contribution in [0.2, 0.25) is 0 Å². The molecule has 1 unspecified atom stereocenters. The zero-order valence-electron chi connectivity index (χ0n) is 15.9. The van der Waals surface area contributed by atoms with E-state index in [2.05, 4.69) is 55.4 Å². The van der Waals surface area contributed by atoms with E-state index in [1.165, 1.54) is 25.0 Å². The molecule has 1 aromatic heterocycles. The van der Waals surface area contributed by atoms with Crippen LogP contribution in [0, 0.1) is 0 Å². The summed E-state index contributed by atoms with van der Waals surface area (Å²) in [7, 11) is 4.16. The van der Waals surface area contributed by atoms with Crippen LogP contribution in [0.1, 0.15) is 75.0 Å². The van der Waals surface area contributed by atoms with Crippen LogP contribution in [0.25, 0.3) is 0 Å². The summed E-state index contributed by atoms with van der Waals surface area (Å²) in [4.78, 5) is 17.4. The number of piperidine rings is 1. The van der Waals surface area contributed by atoms with Crippen molar-refractivity contribution >= 4 is 5.91 Å². The lowest BCUT2D eigenvalue weighted by molar-refractivity contribution is 0.0567. The molecule has 2 aliphatic rings. The van der Waals surface area contributed by atoms with Crippen LogP contribution in [0.3, 0.4) is 0 Å². The van der Waals surface area contributed by atoms with Gasteiger partial charge in [0.1, 0.15) is 0 Å². The summed E-state index contributed by atoms with van der Waals surface area (Å²) < 4.78 is 2.09. The maximum absolute atomic E-state index is 13.2. The maximum Gasteiger partial charge on any atom is 0.274 e. The second-order valence-electron chi connectivity index (χ2n) is 8.72. The molecule has 0 bridgehead atoms. The first-order chi connectivity index (χ1) is 11.3. The van der Waals surface area contributed by atoms with Crippen LogP contribution < -0.4 is 0 Å². The van der Waals surface area contributed by atoms with Gasteiger partial charge < -0.3 is 9.80 Å². The lowest BCUT2D eigenvalue weighted by Gasteiger charge is -2.36. The van der Waals surface area contributed by atoms with E-state index in [1.807, 2.05) is 0 Å². The van der Waals surface area contributed by atoms with E-state index < -0.39 is 0 Å². The van der Waals surface area contributed by atoms with Gasteiger partial charge in [-0.05, 0) is 73.0 Å². The average Bonchev–Trinajstić information content (AvgIpc) is 3.23. The van der Waals surface area contributed by atoms with Gasteiger partial charge in [-0.2, -0.15) is 5.10 Å². The van der Waals surface area contributed by atoms with E-state index in [9.17, 15) is 4.79 Å². The summed E-state index contributed by atoms with van der Waals surface area (Å²) in [6, 6.07) is 2.37. The van der Waals surface area contributed by atoms with Crippen molar-refractivity contribution < 1.29 is 4.79 Å². The van der Waals surface area contributed by atoms with Gasteiger partial charge in [0.2, 0.25) is 0 Å². The van der Waals surface area contributed by atoms with Crippen LogP contribution in [-0.2, 0) is 5.54 Å². The molecule has 3 rings (SSSR count). The zero-order valence-corrected chi connectivity index (χ0v) is 15.9. The summed E-state index contributed by atoms with van der Waals surface area (Å²) in [5.41, 5.74) is 1.80. The number of hydrogen-bond donors (Lipinski definition) is 0. The van der Waals surface area contributed by atoms with Crippen molar-refractivity contribution in [1.82, 2.24) is 19.6 Å². The molecule has 24 heavy (non-hydrogen) atoms. The molecular formula is C19H32N4O. The Labute approximate surface area is 146 Å². The van der Waals surface area contributed by atoms with Gasteiger partial charge in [0.05, 0.1) is 5.54 Å². The third-order valence-electron chi connectivity index (χ3n) is 5.05. The van der Waals surface area contributed by atoms with E-state index in [4.69, 9.17) is 5.10 Å². The number of amides is 1. The molecule has 134 valence electrons. The van der Waals surface area contributed by atoms with Gasteiger partial charge >= 0.3 is 0 Å². The van der Waals surface area contributed by atoms with Gasteiger partial charge in [0, 0.05) is 30.7 Å². The van der Waals surface area contributed by atoms with Crippen LogP contribution in [0.15, 0.2) is 6.07 Å². The monoisotopic (exact) mass is 332 g/mol. The number of nitrogens with zero attached hydrogens (tertiary/aromatic N) is 4. The number of aromatic nitrogens is 2. The second-order valence-corrected chi connectivity index (χ2v) is 8.72. The van der Waals surface area contributed by atoms with Gasteiger partial charge in [-0.1, -0.05) is 0 Å². The van der Waals surface area contributed by atoms with Crippen molar-refractivity contribution in [3.63, 3.8) is 0 Å². The minimum atomic E-state index is -0.0820. The topological polar surface area (TPSA) is 41.4 Å². The van der Waals surface area contributed by atoms with Crippen LogP contribution in [-0.4, -0.2) is 58.7 Å². The van der Waals surface area contributed by atoms with E-state index in [1.54, 1.807) is 0 Å². The fourth-order valence-corrected chi connectivity index (χ4v) is 3.73. The summed E-state index contributed by atoms with van der Waals surface area (Å²) >= 11 is 0. The molecule has 1 atom stereocenters. The lowest BCUT2D eigenvalue weighted by atomic mass is 10.0. The second kappa shape index (κ2) is 6.51. The smallest absolute Gasteiger partial charge is 0.274 e. The average molecular weight is 332 g/mol. The fraction of sp³-hybridized carbons (Fsp3) is 0.789. The molecule has 5 nitrogen and oxygen atoms in total. The van der Waals surface area contributed by atoms with Crippen LogP contribution in [0.4, 0.5) is 0 Å². The number of likely N-dealkylation sites (tertiary alicyclic amines) is 1. The SMILES string of the molecule is CN(C)CC1CCCCN1C(=O)c1cc(C2CC2)n(C(C)(C)C)n1. The fourth-order valence-electron chi connectivity index (χ4n) is 3.73. The Morgan fingerprint density at radius 1 is 1.25 bits per heavy atom. The van der Waals surface area contributed by atoms with Crippen LogP contribution in [0.5, 0.6) is 0 Å². The molecule has 0 spiro atoms. The Hall–Kier alpha value is -1.36. The van der Waals surface area contributed by atoms with Crippen molar-refractivity contribution in [1.29, 1.82) is 0 Å². The number of likely N-dealkylation sites (N-methyl/N-ethyl adjacent to an activating group) is 1. The molecule has 0 aromatic carbocycles. The molecule has 1 aliphatic heterocycles. The molecule has 2 fully saturated rings. The molecule has 0 N–H and O–H groups in total. The third-order valence-corrected chi connectivity index (χ3v) is 5.05. The normalized spacial score (nSPS) is 22.2. The first kappa shape index (κ1) is 17.5. The van der Waals surface area contributed by atoms with Gasteiger partial charge in [-0.15, -0.1) is 0 Å². The van der Waals surface area contributed by atoms with E-state index >= 15 is 0 Å². The quantitative estimate of drug-likeness (QED) is 0.851. The Balaban J connectivity index is 1.86. The largest absolute Gasteiger partial charge is 0.333 e. The Kier molecular flexibility index (Phi) is 4.73. The molecular weight excluding hydrogens is 300 g/mol. The number of rotatable bonds is 4. The van der Waals surface area contributed by atoms with Gasteiger partial charge in [0.25, 0.3) is 5.91 Å². The summed E-state index contributed by atoms with van der Waals surface area (Å²) in [5.74, 6) is 0.712. The van der Waals surface area contributed by atoms with Crippen molar-refractivity contribution in [3.8, 4) is 0 Å². The van der Waals surface area contributed by atoms with E-state index in [0.717, 1.165) is 25.9 Å². The number of hydrogen-bond acceptors (Lipinski definition) is 3. The van der Waals surface area contributed by atoms with Crippen molar-refractivity contribution in [2.45, 2.75) is 70.4 Å². The highest BCUT2D eigenvalue weighted by Gasteiger charge is 2.35. The zero-order chi connectivity index (χ0) is 17.5. The molecule has 1 saturated carbocycles. The maximum atomic E-state index is 13.2. The molecule has 1 aromatic rings. The Bertz CT molecular complexity index is 595. The van der Waals surface area contributed by atoms with Crippen molar-refractivity contribution in [2.24, 2.45) is 0 Å². The number of carbonyl (C=O) groups excluding carboxylic acids is 1. The van der Waals surface area contributed by atoms with Crippen LogP contribution >= 0.6 is 0 Å². The van der Waals surface area contributed by atoms with Gasteiger partial charge in [-0.25, -0.2) is 0 Å². The highest BCUT2D eigenvalue weighted by molar-refractivity contribution is 5.92. The Morgan fingerprint density at radius 2 is 1.96 bits per heavy atom. The molecule has 0 radical (unpaired) electrons. The van der Waals surface area contributed by atoms with Gasteiger partial charge in [-0.3, -0.25) is 9.48 Å². The minimum Gasteiger partial charge on any atom is -0.333 e. The Morgan fingerprint density at radius 3 is 2.54 bits per heavy atom. The van der Waals surface area contributed by atoms with Crippen molar-refractivity contribution in [3.05, 3.63) is 17.5 Å². The predicted molar refractivity (Wildman–Crippen MR) is 96.4 cm³/mol. The van der Waals surface area contributed by atoms with E-state index in [-0.39, 0.29) is 11.4 Å². The molecule has 2 heterocycles. The first-order valence-corrected chi connectivity index (χ1v) is 9.33. The predicted octanol–water partition coefficient (Wildman–Crippen LogP) is 3.07. The van der Waals surface area contributed by atoms with Crippen molar-refractivity contribution in [2.75, 3.05) is 27.2 Å². The molecule has 1 saturated heterocycles. The third kappa shape index (κ3) is 3.66. The summed E-state index contributed by atoms with van der Waals surface area (Å²) in [6.45, 7) is 8.28. The highest BCUT2D eigenvalue weighted by atomic mass is 16.2. The summed E-state index contributed by atoms with van der Waals surface area (Å²) in [5, 5.41) is 4.74. The molecule has 1 aliphatic carbocycles. The van der Waals surface area contributed by atoms with E-state index in [0.29, 0.717) is 17.7 Å². The standard InChI is InChI=1S/C19H32N4O/c1-19(2,3)23-17(14-9-10-14)12-16(20-23)18(24)22-11-7-6-8-15(22)13-21(4)5/h12,14-15H,6-11,13H2,1-5H3. The number of carbonyl (C=O) groups is 1. The minimum absolute atomic E-state index is 0.0820. The molecule has 5 heteroatoms. The molecule has 1 amide bonds. The first-order valence-electron chi connectivity index (χ1n) is 9.33. The van der Waals surface area contributed by atoms with Gasteiger partial charge in [0.15, 0.2) is 5.69 Å². The highest BCUT2D eigenvalue weighted by Crippen LogP contribution is 2.42. The lowest BCUT2D eigenvalue weighted by Crippen LogP contribution is -2.48.